The van der Waals surface area contributed by atoms with Crippen molar-refractivity contribution in [1.29, 1.82) is 0 Å². The molecule has 1 aliphatic rings. The number of carbonyl (C=O) groups is 2. The van der Waals surface area contributed by atoms with E-state index in [-0.39, 0.29) is 11.3 Å². The Morgan fingerprint density at radius 2 is 1.82 bits per heavy atom. The molecule has 3 rings (SSSR count). The minimum atomic E-state index is -0.744. The summed E-state index contributed by atoms with van der Waals surface area (Å²) in [6.45, 7) is 2.71. The van der Waals surface area contributed by atoms with Crippen LogP contribution in [0, 0.1) is 6.92 Å². The fourth-order valence-electron chi connectivity index (χ4n) is 3.38. The standard InChI is InChI=1S/C22H22ClNO4/c1-14-8-10-15(11-9-14)20(25)18-19(16-6-3-4-7-17(16)23)24(12-5-13-28-2)22(27)21(18)26/h3-4,6-11,19,25H,5,12-13H2,1-2H3/t19-/m1/s1. The van der Waals surface area contributed by atoms with Crippen LogP contribution in [0.5, 0.6) is 0 Å². The van der Waals surface area contributed by atoms with Crippen LogP contribution in [0.4, 0.5) is 0 Å². The van der Waals surface area contributed by atoms with E-state index >= 15 is 0 Å². The van der Waals surface area contributed by atoms with Gasteiger partial charge in [0.05, 0.1) is 11.6 Å². The zero-order valence-electron chi connectivity index (χ0n) is 15.8. The van der Waals surface area contributed by atoms with Gasteiger partial charge in [-0.3, -0.25) is 9.59 Å². The highest BCUT2D eigenvalue weighted by Crippen LogP contribution is 2.41. The molecule has 0 saturated carbocycles. The molecule has 146 valence electrons. The number of aryl methyl sites for hydroxylation is 1. The molecular weight excluding hydrogens is 378 g/mol. The Labute approximate surface area is 169 Å². The fraction of sp³-hybridized carbons (Fsp3) is 0.273. The van der Waals surface area contributed by atoms with Crippen molar-refractivity contribution in [3.63, 3.8) is 0 Å². The Morgan fingerprint density at radius 1 is 1.14 bits per heavy atom. The first-order valence-corrected chi connectivity index (χ1v) is 9.42. The lowest BCUT2D eigenvalue weighted by Gasteiger charge is -2.26. The average Bonchev–Trinajstić information content (AvgIpc) is 2.93. The van der Waals surface area contributed by atoms with Gasteiger partial charge in [-0.25, -0.2) is 0 Å². The van der Waals surface area contributed by atoms with E-state index in [4.69, 9.17) is 16.3 Å². The van der Waals surface area contributed by atoms with Gasteiger partial charge in [0.25, 0.3) is 11.7 Å². The highest BCUT2D eigenvalue weighted by Gasteiger charge is 2.46. The van der Waals surface area contributed by atoms with Crippen molar-refractivity contribution in [2.24, 2.45) is 0 Å². The molecule has 1 heterocycles. The quantitative estimate of drug-likeness (QED) is 0.343. The van der Waals surface area contributed by atoms with E-state index in [0.717, 1.165) is 5.56 Å². The molecule has 1 aliphatic heterocycles. The van der Waals surface area contributed by atoms with Gasteiger partial charge >= 0.3 is 0 Å². The van der Waals surface area contributed by atoms with Crippen LogP contribution in [0.1, 0.15) is 29.2 Å². The summed E-state index contributed by atoms with van der Waals surface area (Å²) in [6.07, 6.45) is 0.565. The molecule has 5 nitrogen and oxygen atoms in total. The van der Waals surface area contributed by atoms with E-state index < -0.39 is 17.7 Å². The zero-order valence-corrected chi connectivity index (χ0v) is 16.6. The number of ether oxygens (including phenoxy) is 1. The van der Waals surface area contributed by atoms with Gasteiger partial charge in [0.2, 0.25) is 0 Å². The third-order valence-corrected chi connectivity index (χ3v) is 5.16. The topological polar surface area (TPSA) is 66.8 Å². The van der Waals surface area contributed by atoms with Crippen molar-refractivity contribution >= 4 is 29.1 Å². The Morgan fingerprint density at radius 3 is 2.46 bits per heavy atom. The summed E-state index contributed by atoms with van der Waals surface area (Å²) in [6, 6.07) is 13.4. The van der Waals surface area contributed by atoms with E-state index in [1.165, 1.54) is 4.90 Å². The van der Waals surface area contributed by atoms with Gasteiger partial charge in [0, 0.05) is 30.8 Å². The molecule has 2 aromatic rings. The number of nitrogens with zero attached hydrogens (tertiary/aromatic N) is 1. The normalized spacial score (nSPS) is 18.7. The van der Waals surface area contributed by atoms with E-state index in [1.54, 1.807) is 43.5 Å². The molecule has 2 aromatic carbocycles. The first-order valence-electron chi connectivity index (χ1n) is 9.04. The number of likely N-dealkylation sites (tertiary alicyclic amines) is 1. The maximum atomic E-state index is 12.8. The molecular formula is C22H22ClNO4. The number of hydrogen-bond acceptors (Lipinski definition) is 4. The number of aliphatic hydroxyl groups excluding tert-OH is 1. The van der Waals surface area contributed by atoms with Crippen LogP contribution in [0.15, 0.2) is 54.1 Å². The molecule has 6 heteroatoms. The summed E-state index contributed by atoms with van der Waals surface area (Å²) in [4.78, 5) is 27.0. The SMILES string of the molecule is COCCCN1C(=O)C(=O)C(=C(O)c2ccc(C)cc2)[C@H]1c1ccccc1Cl. The van der Waals surface area contributed by atoms with Crippen molar-refractivity contribution in [1.82, 2.24) is 4.90 Å². The van der Waals surface area contributed by atoms with Crippen molar-refractivity contribution in [3.05, 3.63) is 75.8 Å². The number of amides is 1. The second-order valence-electron chi connectivity index (χ2n) is 6.73. The fourth-order valence-corrected chi connectivity index (χ4v) is 3.62. The van der Waals surface area contributed by atoms with Crippen molar-refractivity contribution < 1.29 is 19.4 Å². The number of halogens is 1. The number of rotatable bonds is 6. The molecule has 0 aliphatic carbocycles. The van der Waals surface area contributed by atoms with Crippen LogP contribution in [0.25, 0.3) is 5.76 Å². The van der Waals surface area contributed by atoms with Gasteiger partial charge in [0.1, 0.15) is 5.76 Å². The average molecular weight is 400 g/mol. The number of hydrogen-bond donors (Lipinski definition) is 1. The van der Waals surface area contributed by atoms with Gasteiger partial charge < -0.3 is 14.7 Å². The molecule has 0 aromatic heterocycles. The predicted octanol–water partition coefficient (Wildman–Crippen LogP) is 4.11. The summed E-state index contributed by atoms with van der Waals surface area (Å²) < 4.78 is 5.07. The molecule has 0 bridgehead atoms. The van der Waals surface area contributed by atoms with Crippen LogP contribution in [0.3, 0.4) is 0 Å². The number of benzene rings is 2. The first-order chi connectivity index (χ1) is 13.5. The second-order valence-corrected chi connectivity index (χ2v) is 7.13. The summed E-state index contributed by atoms with van der Waals surface area (Å²) in [5.74, 6) is -1.55. The van der Waals surface area contributed by atoms with Crippen LogP contribution in [0.2, 0.25) is 5.02 Å². The minimum Gasteiger partial charge on any atom is -0.507 e. The molecule has 1 amide bonds. The maximum Gasteiger partial charge on any atom is 0.295 e. The van der Waals surface area contributed by atoms with Crippen LogP contribution in [-0.2, 0) is 14.3 Å². The van der Waals surface area contributed by atoms with Gasteiger partial charge in [-0.1, -0.05) is 59.6 Å². The third kappa shape index (κ3) is 3.81. The summed E-state index contributed by atoms with van der Waals surface area (Å²) >= 11 is 6.38. The number of methoxy groups -OCH3 is 1. The predicted molar refractivity (Wildman–Crippen MR) is 108 cm³/mol. The third-order valence-electron chi connectivity index (χ3n) is 4.81. The van der Waals surface area contributed by atoms with E-state index in [0.29, 0.717) is 35.7 Å². The number of Topliss-reactive ketones (excluding diaryl/α,β-unsaturated/α-hetero) is 1. The smallest absolute Gasteiger partial charge is 0.295 e. The molecule has 0 spiro atoms. The summed E-state index contributed by atoms with van der Waals surface area (Å²) in [5.41, 5.74) is 2.17. The molecule has 1 atom stereocenters. The number of ketones is 1. The minimum absolute atomic E-state index is 0.0550. The van der Waals surface area contributed by atoms with Crippen LogP contribution >= 0.6 is 11.6 Å². The highest BCUT2D eigenvalue weighted by molar-refractivity contribution is 6.47. The van der Waals surface area contributed by atoms with Crippen molar-refractivity contribution in [3.8, 4) is 0 Å². The van der Waals surface area contributed by atoms with E-state index in [2.05, 4.69) is 0 Å². The first kappa shape index (κ1) is 20.1. The molecule has 28 heavy (non-hydrogen) atoms. The van der Waals surface area contributed by atoms with Gasteiger partial charge in [-0.2, -0.15) is 0 Å². The Kier molecular flexibility index (Phi) is 6.17. The Bertz CT molecular complexity index is 920. The lowest BCUT2D eigenvalue weighted by Crippen LogP contribution is -2.31. The summed E-state index contributed by atoms with van der Waals surface area (Å²) in [7, 11) is 1.58. The van der Waals surface area contributed by atoms with E-state index in [1.807, 2.05) is 19.1 Å². The molecule has 0 unspecified atom stereocenters. The lowest BCUT2D eigenvalue weighted by atomic mass is 9.95. The highest BCUT2D eigenvalue weighted by atomic mass is 35.5. The van der Waals surface area contributed by atoms with Gasteiger partial charge in [0.15, 0.2) is 0 Å². The molecule has 0 radical (unpaired) electrons. The monoisotopic (exact) mass is 399 g/mol. The Hall–Kier alpha value is -2.63. The Balaban J connectivity index is 2.14. The van der Waals surface area contributed by atoms with Crippen LogP contribution < -0.4 is 0 Å². The zero-order chi connectivity index (χ0) is 20.3. The van der Waals surface area contributed by atoms with Gasteiger partial charge in [-0.05, 0) is 25.0 Å². The van der Waals surface area contributed by atoms with Crippen molar-refractivity contribution in [2.45, 2.75) is 19.4 Å². The molecule has 1 N–H and O–H groups in total. The number of carbonyl (C=O) groups excluding carboxylic acids is 2. The van der Waals surface area contributed by atoms with Crippen LogP contribution in [-0.4, -0.2) is 42.0 Å². The van der Waals surface area contributed by atoms with E-state index in [9.17, 15) is 14.7 Å². The maximum absolute atomic E-state index is 12.8. The molecule has 1 fully saturated rings. The second kappa shape index (κ2) is 8.59. The van der Waals surface area contributed by atoms with Gasteiger partial charge in [-0.15, -0.1) is 0 Å². The number of aliphatic hydroxyl groups is 1. The summed E-state index contributed by atoms with van der Waals surface area (Å²) in [5, 5.41) is 11.4. The lowest BCUT2D eigenvalue weighted by molar-refractivity contribution is -0.140. The largest absolute Gasteiger partial charge is 0.507 e. The molecule has 1 saturated heterocycles. The van der Waals surface area contributed by atoms with Crippen molar-refractivity contribution in [2.75, 3.05) is 20.3 Å².